The van der Waals surface area contributed by atoms with Crippen LogP contribution in [0, 0.1) is 6.92 Å². The molecule has 0 saturated heterocycles. The molecule has 0 spiro atoms. The molecule has 1 amide bonds. The highest BCUT2D eigenvalue weighted by Gasteiger charge is 2.08. The number of nitrogens with zero attached hydrogens (tertiary/aromatic N) is 3. The molecule has 0 atom stereocenters. The van der Waals surface area contributed by atoms with E-state index in [-0.39, 0.29) is 5.91 Å². The molecule has 3 rings (SSSR count). The number of thiazole rings is 1. The summed E-state index contributed by atoms with van der Waals surface area (Å²) in [6.45, 7) is 3.35. The smallest absolute Gasteiger partial charge is 0.270 e. The fraction of sp³-hybridized carbons (Fsp3) is 0.267. The predicted octanol–water partition coefficient (Wildman–Crippen LogP) is 2.62. The van der Waals surface area contributed by atoms with E-state index in [1.54, 1.807) is 5.38 Å². The Balaban J connectivity index is 1.51. The Morgan fingerprint density at radius 3 is 3.05 bits per heavy atom. The first-order valence-corrected chi connectivity index (χ1v) is 7.72. The van der Waals surface area contributed by atoms with Crippen molar-refractivity contribution in [1.82, 2.24) is 19.9 Å². The van der Waals surface area contributed by atoms with E-state index in [0.717, 1.165) is 29.0 Å². The molecule has 0 radical (unpaired) electrons. The van der Waals surface area contributed by atoms with Crippen LogP contribution >= 0.6 is 11.3 Å². The number of hydrogen-bond donors (Lipinski definition) is 1. The summed E-state index contributed by atoms with van der Waals surface area (Å²) in [4.78, 5) is 20.4. The van der Waals surface area contributed by atoms with E-state index in [1.165, 1.54) is 11.3 Å². The van der Waals surface area contributed by atoms with Crippen LogP contribution in [0.3, 0.4) is 0 Å². The van der Waals surface area contributed by atoms with Gasteiger partial charge in [-0.25, -0.2) is 9.97 Å². The highest BCUT2D eigenvalue weighted by atomic mass is 32.1. The lowest BCUT2D eigenvalue weighted by atomic mass is 10.3. The third kappa shape index (κ3) is 3.11. The lowest BCUT2D eigenvalue weighted by Gasteiger charge is -2.05. The van der Waals surface area contributed by atoms with Crippen LogP contribution in [0.5, 0.6) is 0 Å². The third-order valence-corrected chi connectivity index (χ3v) is 4.01. The summed E-state index contributed by atoms with van der Waals surface area (Å²) >= 11 is 1.49. The molecule has 0 bridgehead atoms. The topological polar surface area (TPSA) is 59.8 Å². The van der Waals surface area contributed by atoms with Crippen LogP contribution in [0.1, 0.15) is 21.9 Å². The van der Waals surface area contributed by atoms with Crippen LogP contribution in [0.2, 0.25) is 0 Å². The van der Waals surface area contributed by atoms with Crippen LogP contribution in [-0.4, -0.2) is 27.0 Å². The number of carbonyl (C=O) groups excluding carboxylic acids is 1. The third-order valence-electron chi connectivity index (χ3n) is 3.24. The average molecular weight is 300 g/mol. The molecule has 6 heteroatoms. The molecule has 1 aromatic carbocycles. The predicted molar refractivity (Wildman–Crippen MR) is 83.5 cm³/mol. The summed E-state index contributed by atoms with van der Waals surface area (Å²) in [5.74, 6) is -0.102. The molecular formula is C15H16N4OS. The summed E-state index contributed by atoms with van der Waals surface area (Å²) in [5, 5.41) is 5.59. The van der Waals surface area contributed by atoms with Crippen LogP contribution in [-0.2, 0) is 6.54 Å². The van der Waals surface area contributed by atoms with Gasteiger partial charge in [-0.2, -0.15) is 0 Å². The Morgan fingerprint density at radius 2 is 2.24 bits per heavy atom. The zero-order valence-corrected chi connectivity index (χ0v) is 12.6. The monoisotopic (exact) mass is 300 g/mol. The number of aromatic nitrogens is 3. The van der Waals surface area contributed by atoms with Crippen molar-refractivity contribution in [2.45, 2.75) is 19.9 Å². The van der Waals surface area contributed by atoms with Gasteiger partial charge in [0.2, 0.25) is 0 Å². The standard InChI is InChI=1S/C15H16N4OS/c1-11-18-13(9-21-11)15(20)16-7-4-8-19-10-17-12-5-2-3-6-14(12)19/h2-3,5-6,9-10H,4,7-8H2,1H3,(H,16,20). The first kappa shape index (κ1) is 13.8. The molecule has 0 aliphatic heterocycles. The minimum absolute atomic E-state index is 0.102. The van der Waals surface area contributed by atoms with Gasteiger partial charge in [0, 0.05) is 18.5 Å². The van der Waals surface area contributed by atoms with Crippen molar-refractivity contribution < 1.29 is 4.79 Å². The second-order valence-corrected chi connectivity index (χ2v) is 5.85. The minimum Gasteiger partial charge on any atom is -0.351 e. The molecule has 5 nitrogen and oxygen atoms in total. The van der Waals surface area contributed by atoms with Gasteiger partial charge in [0.1, 0.15) is 5.69 Å². The zero-order valence-electron chi connectivity index (χ0n) is 11.7. The molecule has 2 aromatic heterocycles. The summed E-state index contributed by atoms with van der Waals surface area (Å²) in [6.07, 6.45) is 2.70. The summed E-state index contributed by atoms with van der Waals surface area (Å²) in [5.41, 5.74) is 2.63. The first-order valence-electron chi connectivity index (χ1n) is 6.84. The number of amides is 1. The Hall–Kier alpha value is -2.21. The summed E-state index contributed by atoms with van der Waals surface area (Å²) in [6, 6.07) is 8.04. The fourth-order valence-electron chi connectivity index (χ4n) is 2.20. The van der Waals surface area contributed by atoms with Crippen molar-refractivity contribution in [1.29, 1.82) is 0 Å². The van der Waals surface area contributed by atoms with Gasteiger partial charge in [0.25, 0.3) is 5.91 Å². The molecule has 3 aromatic rings. The molecule has 21 heavy (non-hydrogen) atoms. The Bertz CT molecular complexity index is 762. The number of benzene rings is 1. The molecule has 2 heterocycles. The maximum atomic E-state index is 11.8. The van der Waals surface area contributed by atoms with Gasteiger partial charge in [0.15, 0.2) is 0 Å². The molecule has 0 unspecified atom stereocenters. The number of nitrogens with one attached hydrogen (secondary N) is 1. The van der Waals surface area contributed by atoms with E-state index in [0.29, 0.717) is 12.2 Å². The molecule has 1 N–H and O–H groups in total. The number of imidazole rings is 1. The minimum atomic E-state index is -0.102. The second kappa shape index (κ2) is 6.05. The SMILES string of the molecule is Cc1nc(C(=O)NCCCn2cnc3ccccc32)cs1. The fourth-order valence-corrected chi connectivity index (χ4v) is 2.79. The van der Waals surface area contributed by atoms with Crippen molar-refractivity contribution >= 4 is 28.3 Å². The van der Waals surface area contributed by atoms with Crippen LogP contribution < -0.4 is 5.32 Å². The quantitative estimate of drug-likeness (QED) is 0.737. The molecule has 0 fully saturated rings. The lowest BCUT2D eigenvalue weighted by molar-refractivity contribution is 0.0948. The number of hydrogen-bond acceptors (Lipinski definition) is 4. The van der Waals surface area contributed by atoms with Gasteiger partial charge in [0.05, 0.1) is 22.4 Å². The molecule has 0 aliphatic rings. The van der Waals surface area contributed by atoms with Crippen molar-refractivity contribution in [2.24, 2.45) is 0 Å². The molecule has 0 saturated carbocycles. The highest BCUT2D eigenvalue weighted by Crippen LogP contribution is 2.12. The number of carbonyl (C=O) groups is 1. The van der Waals surface area contributed by atoms with Crippen LogP contribution in [0.15, 0.2) is 36.0 Å². The zero-order chi connectivity index (χ0) is 14.7. The van der Waals surface area contributed by atoms with Crippen LogP contribution in [0.25, 0.3) is 11.0 Å². The second-order valence-electron chi connectivity index (χ2n) is 4.79. The molecule has 0 aliphatic carbocycles. The number of aryl methyl sites for hydroxylation is 2. The molecular weight excluding hydrogens is 284 g/mol. The lowest BCUT2D eigenvalue weighted by Crippen LogP contribution is -2.25. The van der Waals surface area contributed by atoms with E-state index in [9.17, 15) is 4.79 Å². The van der Waals surface area contributed by atoms with Crippen molar-refractivity contribution in [3.63, 3.8) is 0 Å². The Labute approximate surface area is 126 Å². The van der Waals surface area contributed by atoms with Crippen molar-refractivity contribution in [3.8, 4) is 0 Å². The Kier molecular flexibility index (Phi) is 3.96. The summed E-state index contributed by atoms with van der Waals surface area (Å²) < 4.78 is 2.11. The van der Waals surface area contributed by atoms with E-state index >= 15 is 0 Å². The van der Waals surface area contributed by atoms with Crippen LogP contribution in [0.4, 0.5) is 0 Å². The van der Waals surface area contributed by atoms with Gasteiger partial charge in [-0.1, -0.05) is 12.1 Å². The summed E-state index contributed by atoms with van der Waals surface area (Å²) in [7, 11) is 0. The van der Waals surface area contributed by atoms with E-state index in [2.05, 4.69) is 25.9 Å². The highest BCUT2D eigenvalue weighted by molar-refractivity contribution is 7.09. The largest absolute Gasteiger partial charge is 0.351 e. The van der Waals surface area contributed by atoms with E-state index < -0.39 is 0 Å². The van der Waals surface area contributed by atoms with Gasteiger partial charge < -0.3 is 9.88 Å². The first-order chi connectivity index (χ1) is 10.2. The van der Waals surface area contributed by atoms with E-state index in [4.69, 9.17) is 0 Å². The number of para-hydroxylation sites is 2. The maximum absolute atomic E-state index is 11.8. The van der Waals surface area contributed by atoms with Gasteiger partial charge in [-0.15, -0.1) is 11.3 Å². The Morgan fingerprint density at radius 1 is 1.38 bits per heavy atom. The molecule has 108 valence electrons. The number of rotatable bonds is 5. The van der Waals surface area contributed by atoms with Crippen molar-refractivity contribution in [3.05, 3.63) is 46.7 Å². The van der Waals surface area contributed by atoms with Gasteiger partial charge in [-0.05, 0) is 25.5 Å². The normalized spacial score (nSPS) is 10.9. The average Bonchev–Trinajstić information content (AvgIpc) is 3.10. The van der Waals surface area contributed by atoms with Crippen molar-refractivity contribution in [2.75, 3.05) is 6.54 Å². The van der Waals surface area contributed by atoms with Gasteiger partial charge >= 0.3 is 0 Å². The maximum Gasteiger partial charge on any atom is 0.270 e. The van der Waals surface area contributed by atoms with E-state index in [1.807, 2.05) is 31.5 Å². The number of fused-ring (bicyclic) bond motifs is 1. The van der Waals surface area contributed by atoms with Gasteiger partial charge in [-0.3, -0.25) is 4.79 Å².